The fourth-order valence-corrected chi connectivity index (χ4v) is 4.13. The van der Waals surface area contributed by atoms with Crippen molar-refractivity contribution in [1.82, 2.24) is 9.88 Å². The second-order valence-electron chi connectivity index (χ2n) is 7.85. The van der Waals surface area contributed by atoms with E-state index in [0.717, 1.165) is 5.56 Å². The zero-order valence-corrected chi connectivity index (χ0v) is 19.7. The number of rotatable bonds is 8. The van der Waals surface area contributed by atoms with Gasteiger partial charge in [-0.25, -0.2) is 0 Å². The van der Waals surface area contributed by atoms with Gasteiger partial charge in [-0.05, 0) is 60.5 Å². The lowest BCUT2D eigenvalue weighted by Crippen LogP contribution is -2.29. The number of ether oxygens (including phenoxy) is 3. The smallest absolute Gasteiger partial charge is 0.295 e. The van der Waals surface area contributed by atoms with E-state index in [2.05, 4.69) is 4.98 Å². The van der Waals surface area contributed by atoms with Gasteiger partial charge >= 0.3 is 0 Å². The molecule has 1 aliphatic heterocycles. The fraction of sp³-hybridized carbons (Fsp3) is 0.222. The monoisotopic (exact) mass is 474 g/mol. The normalized spacial score (nSPS) is 16.9. The molecule has 4 rings (SSSR count). The Morgan fingerprint density at radius 2 is 1.66 bits per heavy atom. The lowest BCUT2D eigenvalue weighted by Gasteiger charge is -2.25. The number of nitrogens with zero attached hydrogens (tertiary/aromatic N) is 2. The second-order valence-corrected chi connectivity index (χ2v) is 7.85. The number of benzene rings is 2. The van der Waals surface area contributed by atoms with E-state index in [-0.39, 0.29) is 17.9 Å². The summed E-state index contributed by atoms with van der Waals surface area (Å²) in [5.74, 6) is -0.207. The number of hydrogen-bond donors (Lipinski definition) is 1. The van der Waals surface area contributed by atoms with Crippen molar-refractivity contribution in [3.63, 3.8) is 0 Å². The zero-order valence-electron chi connectivity index (χ0n) is 19.7. The molecule has 1 unspecified atom stereocenters. The molecule has 8 nitrogen and oxygen atoms in total. The molecule has 0 aliphatic carbocycles. The first-order chi connectivity index (χ1) is 17.0. The molecule has 1 atom stereocenters. The van der Waals surface area contributed by atoms with Crippen LogP contribution < -0.4 is 14.2 Å². The average Bonchev–Trinajstić information content (AvgIpc) is 3.14. The van der Waals surface area contributed by atoms with E-state index in [4.69, 9.17) is 14.2 Å². The fourth-order valence-electron chi connectivity index (χ4n) is 4.13. The molecule has 1 aromatic heterocycles. The Kier molecular flexibility index (Phi) is 7.01. The topological polar surface area (TPSA) is 98.2 Å². The first kappa shape index (κ1) is 23.8. The third kappa shape index (κ3) is 4.68. The quantitative estimate of drug-likeness (QED) is 0.298. The Labute approximate surface area is 203 Å². The first-order valence-corrected chi connectivity index (χ1v) is 11.1. The van der Waals surface area contributed by atoms with Gasteiger partial charge in [0.05, 0.1) is 32.4 Å². The van der Waals surface area contributed by atoms with Crippen molar-refractivity contribution in [3.8, 4) is 17.2 Å². The average molecular weight is 475 g/mol. The summed E-state index contributed by atoms with van der Waals surface area (Å²) in [6.45, 7) is 2.58. The Hall–Kier alpha value is -4.33. The minimum Gasteiger partial charge on any atom is -0.507 e. The maximum Gasteiger partial charge on any atom is 0.295 e. The highest BCUT2D eigenvalue weighted by atomic mass is 16.5. The molecule has 0 bridgehead atoms. The van der Waals surface area contributed by atoms with Gasteiger partial charge in [0.2, 0.25) is 0 Å². The van der Waals surface area contributed by atoms with Crippen molar-refractivity contribution in [1.29, 1.82) is 0 Å². The maximum absolute atomic E-state index is 13.2. The number of aliphatic hydroxyl groups excluding tert-OH is 1. The molecule has 2 heterocycles. The van der Waals surface area contributed by atoms with Gasteiger partial charge in [0.15, 0.2) is 11.5 Å². The van der Waals surface area contributed by atoms with E-state index in [1.54, 1.807) is 67.0 Å². The van der Waals surface area contributed by atoms with Gasteiger partial charge in [-0.3, -0.25) is 14.6 Å². The largest absolute Gasteiger partial charge is 0.507 e. The van der Waals surface area contributed by atoms with Crippen LogP contribution in [0.15, 0.2) is 72.6 Å². The lowest BCUT2D eigenvalue weighted by molar-refractivity contribution is -0.140. The molecule has 1 amide bonds. The van der Waals surface area contributed by atoms with Crippen molar-refractivity contribution in [2.75, 3.05) is 20.8 Å². The van der Waals surface area contributed by atoms with Crippen LogP contribution in [0.4, 0.5) is 0 Å². The van der Waals surface area contributed by atoms with E-state index in [9.17, 15) is 14.7 Å². The summed E-state index contributed by atoms with van der Waals surface area (Å²) in [6, 6.07) is 14.7. The third-order valence-corrected chi connectivity index (χ3v) is 5.81. The van der Waals surface area contributed by atoms with Gasteiger partial charge in [0.25, 0.3) is 11.7 Å². The number of carbonyl (C=O) groups excluding carboxylic acids is 2. The Balaban J connectivity index is 1.84. The van der Waals surface area contributed by atoms with Crippen LogP contribution in [0.3, 0.4) is 0 Å². The lowest BCUT2D eigenvalue weighted by atomic mass is 9.95. The SMILES string of the molecule is CCOc1ccc(C2C(=C(O)c3ccc(OC)c(OC)c3)C(=O)C(=O)N2Cc2ccncc2)cc1. The predicted molar refractivity (Wildman–Crippen MR) is 129 cm³/mol. The van der Waals surface area contributed by atoms with Gasteiger partial charge in [-0.15, -0.1) is 0 Å². The van der Waals surface area contributed by atoms with Crippen LogP contribution in [0.1, 0.15) is 29.7 Å². The number of amides is 1. The summed E-state index contributed by atoms with van der Waals surface area (Å²) in [5.41, 5.74) is 1.81. The molecule has 2 aromatic carbocycles. The summed E-state index contributed by atoms with van der Waals surface area (Å²) in [6.07, 6.45) is 3.25. The highest BCUT2D eigenvalue weighted by Crippen LogP contribution is 2.41. The molecule has 8 heteroatoms. The Morgan fingerprint density at radius 3 is 2.29 bits per heavy atom. The summed E-state index contributed by atoms with van der Waals surface area (Å²) in [4.78, 5) is 31.9. The summed E-state index contributed by atoms with van der Waals surface area (Å²) < 4.78 is 16.2. The molecule has 35 heavy (non-hydrogen) atoms. The first-order valence-electron chi connectivity index (χ1n) is 11.1. The number of aliphatic hydroxyl groups is 1. The minimum atomic E-state index is -0.799. The van der Waals surface area contributed by atoms with Crippen LogP contribution in [0.5, 0.6) is 17.2 Å². The van der Waals surface area contributed by atoms with E-state index >= 15 is 0 Å². The van der Waals surface area contributed by atoms with E-state index in [0.29, 0.717) is 35.0 Å². The molecule has 0 spiro atoms. The number of carbonyl (C=O) groups is 2. The van der Waals surface area contributed by atoms with Gasteiger partial charge in [-0.1, -0.05) is 12.1 Å². The Morgan fingerprint density at radius 1 is 0.971 bits per heavy atom. The van der Waals surface area contributed by atoms with Crippen LogP contribution in [-0.4, -0.2) is 47.5 Å². The molecule has 0 radical (unpaired) electrons. The van der Waals surface area contributed by atoms with E-state index in [1.807, 2.05) is 6.92 Å². The summed E-state index contributed by atoms with van der Waals surface area (Å²) in [5, 5.41) is 11.3. The van der Waals surface area contributed by atoms with Gasteiger partial charge in [0.1, 0.15) is 11.5 Å². The minimum absolute atomic E-state index is 0.000404. The number of hydrogen-bond acceptors (Lipinski definition) is 7. The maximum atomic E-state index is 13.2. The highest BCUT2D eigenvalue weighted by Gasteiger charge is 2.46. The van der Waals surface area contributed by atoms with Crippen molar-refractivity contribution < 1.29 is 28.9 Å². The molecule has 0 saturated carbocycles. The van der Waals surface area contributed by atoms with Crippen LogP contribution in [0.25, 0.3) is 5.76 Å². The van der Waals surface area contributed by atoms with Crippen molar-refractivity contribution in [2.45, 2.75) is 19.5 Å². The van der Waals surface area contributed by atoms with E-state index < -0.39 is 17.7 Å². The molecule has 1 saturated heterocycles. The van der Waals surface area contributed by atoms with E-state index in [1.165, 1.54) is 19.1 Å². The molecule has 1 aliphatic rings. The van der Waals surface area contributed by atoms with Crippen LogP contribution in [0.2, 0.25) is 0 Å². The molecule has 180 valence electrons. The number of pyridine rings is 1. The molecular formula is C27H26N2O6. The molecule has 1 N–H and O–H groups in total. The zero-order chi connectivity index (χ0) is 24.9. The summed E-state index contributed by atoms with van der Waals surface area (Å²) >= 11 is 0. The second kappa shape index (κ2) is 10.3. The number of methoxy groups -OCH3 is 2. The van der Waals surface area contributed by atoms with Gasteiger partial charge < -0.3 is 24.2 Å². The van der Waals surface area contributed by atoms with Crippen LogP contribution >= 0.6 is 0 Å². The summed E-state index contributed by atoms with van der Waals surface area (Å²) in [7, 11) is 2.99. The van der Waals surface area contributed by atoms with Crippen molar-refractivity contribution in [2.24, 2.45) is 0 Å². The number of ketones is 1. The molecular weight excluding hydrogens is 448 g/mol. The Bertz CT molecular complexity index is 1250. The highest BCUT2D eigenvalue weighted by molar-refractivity contribution is 6.46. The van der Waals surface area contributed by atoms with Crippen molar-refractivity contribution >= 4 is 17.4 Å². The standard InChI is InChI=1S/C27H26N2O6/c1-4-35-20-8-5-18(6-9-20)24-23(25(30)19-7-10-21(33-2)22(15-19)34-3)26(31)27(32)29(24)16-17-11-13-28-14-12-17/h5-15,24,30H,4,16H2,1-3H3. The van der Waals surface area contributed by atoms with Crippen LogP contribution in [0, 0.1) is 0 Å². The molecule has 3 aromatic rings. The third-order valence-electron chi connectivity index (χ3n) is 5.81. The van der Waals surface area contributed by atoms with Crippen molar-refractivity contribution in [3.05, 3.63) is 89.3 Å². The van der Waals surface area contributed by atoms with Gasteiger partial charge in [-0.2, -0.15) is 0 Å². The predicted octanol–water partition coefficient (Wildman–Crippen LogP) is 4.12. The number of Topliss-reactive ketones (excluding diaryl/α,β-unsaturated/α-hetero) is 1. The molecule has 1 fully saturated rings. The van der Waals surface area contributed by atoms with Gasteiger partial charge in [0, 0.05) is 24.5 Å². The van der Waals surface area contributed by atoms with Crippen LogP contribution in [-0.2, 0) is 16.1 Å². The number of aromatic nitrogens is 1. The number of likely N-dealkylation sites (tertiary alicyclic amines) is 1.